The number of carboxylic acids is 1. The molecule has 2 heterocycles. The molecule has 0 aliphatic heterocycles. The maximum Gasteiger partial charge on any atom is 0.337 e. The first kappa shape index (κ1) is 12.3. The van der Waals surface area contributed by atoms with Crippen molar-refractivity contribution in [3.63, 3.8) is 0 Å². The summed E-state index contributed by atoms with van der Waals surface area (Å²) in [7, 11) is 1.52. The fourth-order valence-electron chi connectivity index (χ4n) is 1.44. The summed E-state index contributed by atoms with van der Waals surface area (Å²) in [6.07, 6.45) is 1.54. The van der Waals surface area contributed by atoms with Crippen molar-refractivity contribution in [2.75, 3.05) is 7.11 Å². The lowest BCUT2D eigenvalue weighted by Crippen LogP contribution is -1.98. The summed E-state index contributed by atoms with van der Waals surface area (Å²) in [5, 5.41) is 11.1. The van der Waals surface area contributed by atoms with E-state index in [-0.39, 0.29) is 5.57 Å². The van der Waals surface area contributed by atoms with Crippen molar-refractivity contribution in [2.24, 2.45) is 0 Å². The third-order valence-corrected chi connectivity index (χ3v) is 3.17. The fourth-order valence-corrected chi connectivity index (χ4v) is 2.18. The molecule has 0 aliphatic rings. The van der Waals surface area contributed by atoms with Gasteiger partial charge in [0.05, 0.1) is 18.4 Å². The van der Waals surface area contributed by atoms with E-state index in [0.29, 0.717) is 16.5 Å². The van der Waals surface area contributed by atoms with Crippen LogP contribution in [0.4, 0.5) is 0 Å². The van der Waals surface area contributed by atoms with Crippen LogP contribution in [0.1, 0.15) is 10.6 Å². The van der Waals surface area contributed by atoms with Crippen LogP contribution in [0, 0.1) is 0 Å². The molecule has 0 radical (unpaired) electrons. The lowest BCUT2D eigenvalue weighted by molar-refractivity contribution is -0.130. The van der Waals surface area contributed by atoms with Crippen molar-refractivity contribution >= 4 is 29.0 Å². The summed E-state index contributed by atoms with van der Waals surface area (Å²) in [6, 6.07) is 8.80. The average Bonchev–Trinajstić information content (AvgIpc) is 2.89. The van der Waals surface area contributed by atoms with Crippen LogP contribution < -0.4 is 4.74 Å². The number of carboxylic acid groups (broad SMARTS) is 1. The Kier molecular flexibility index (Phi) is 3.74. The van der Waals surface area contributed by atoms with Crippen LogP contribution in [0.25, 0.3) is 11.6 Å². The van der Waals surface area contributed by atoms with Crippen LogP contribution in [0.3, 0.4) is 0 Å². The Morgan fingerprint density at radius 1 is 1.39 bits per heavy atom. The summed E-state index contributed by atoms with van der Waals surface area (Å²) in [5.41, 5.74) is 0.783. The zero-order valence-electron chi connectivity index (χ0n) is 9.66. The van der Waals surface area contributed by atoms with Gasteiger partial charge in [-0.3, -0.25) is 0 Å². The summed E-state index contributed by atoms with van der Waals surface area (Å²) in [4.78, 5) is 16.1. The third kappa shape index (κ3) is 2.75. The Morgan fingerprint density at radius 2 is 2.22 bits per heavy atom. The minimum Gasteiger partial charge on any atom is -0.481 e. The Labute approximate surface area is 108 Å². The summed E-state index contributed by atoms with van der Waals surface area (Å²) in [6.45, 7) is 0. The molecular weight excluding hydrogens is 250 g/mol. The van der Waals surface area contributed by atoms with Gasteiger partial charge < -0.3 is 9.84 Å². The first-order valence-corrected chi connectivity index (χ1v) is 6.08. The zero-order valence-corrected chi connectivity index (χ0v) is 10.5. The standard InChI is InChI=1S/C13H11NO3S/c1-17-12-6-2-4-9(14-12)8-10(13(15)16)11-5-3-7-18-11/h2-8H,1H3,(H,15,16)/b10-8+. The molecule has 0 fully saturated rings. The molecule has 0 unspecified atom stereocenters. The lowest BCUT2D eigenvalue weighted by atomic mass is 10.2. The highest BCUT2D eigenvalue weighted by Crippen LogP contribution is 2.23. The van der Waals surface area contributed by atoms with E-state index in [4.69, 9.17) is 4.74 Å². The van der Waals surface area contributed by atoms with Gasteiger partial charge in [-0.25, -0.2) is 9.78 Å². The largest absolute Gasteiger partial charge is 0.481 e. The number of ether oxygens (including phenoxy) is 1. The van der Waals surface area contributed by atoms with Gasteiger partial charge >= 0.3 is 5.97 Å². The van der Waals surface area contributed by atoms with Crippen LogP contribution in [0.2, 0.25) is 0 Å². The number of hydrogen-bond acceptors (Lipinski definition) is 4. The molecule has 2 aromatic heterocycles. The number of hydrogen-bond donors (Lipinski definition) is 1. The van der Waals surface area contributed by atoms with Crippen LogP contribution in [-0.2, 0) is 4.79 Å². The summed E-state index contributed by atoms with van der Waals surface area (Å²) in [5.74, 6) is -0.512. The van der Waals surface area contributed by atoms with Gasteiger partial charge in [0, 0.05) is 10.9 Å². The highest BCUT2D eigenvalue weighted by Gasteiger charge is 2.11. The fraction of sp³-hybridized carbons (Fsp3) is 0.0769. The number of pyridine rings is 1. The number of aromatic nitrogens is 1. The van der Waals surface area contributed by atoms with E-state index in [1.807, 2.05) is 11.4 Å². The molecule has 0 saturated carbocycles. The number of aliphatic carboxylic acids is 1. The molecule has 0 amide bonds. The smallest absolute Gasteiger partial charge is 0.337 e. The number of carbonyl (C=O) groups is 1. The molecule has 18 heavy (non-hydrogen) atoms. The molecule has 2 aromatic rings. The predicted molar refractivity (Wildman–Crippen MR) is 70.6 cm³/mol. The monoisotopic (exact) mass is 261 g/mol. The van der Waals surface area contributed by atoms with Crippen molar-refractivity contribution < 1.29 is 14.6 Å². The second-order valence-electron chi connectivity index (χ2n) is 3.45. The molecule has 5 heteroatoms. The van der Waals surface area contributed by atoms with Crippen LogP contribution in [-0.4, -0.2) is 23.2 Å². The molecule has 4 nitrogen and oxygen atoms in total. The first-order chi connectivity index (χ1) is 8.70. The van der Waals surface area contributed by atoms with E-state index in [2.05, 4.69) is 4.98 Å². The molecule has 1 N–H and O–H groups in total. The first-order valence-electron chi connectivity index (χ1n) is 5.20. The normalized spacial score (nSPS) is 11.3. The Morgan fingerprint density at radius 3 is 2.83 bits per heavy atom. The van der Waals surface area contributed by atoms with Crippen LogP contribution >= 0.6 is 11.3 Å². The van der Waals surface area contributed by atoms with Crippen LogP contribution in [0.15, 0.2) is 35.7 Å². The third-order valence-electron chi connectivity index (χ3n) is 2.26. The molecule has 0 bridgehead atoms. The molecule has 0 aromatic carbocycles. The SMILES string of the molecule is COc1cccc(/C=C(/C(=O)O)c2cccs2)n1. The van der Waals surface area contributed by atoms with Crippen molar-refractivity contribution in [1.82, 2.24) is 4.98 Å². The minimum absolute atomic E-state index is 0.228. The number of methoxy groups -OCH3 is 1. The molecule has 92 valence electrons. The van der Waals surface area contributed by atoms with E-state index < -0.39 is 5.97 Å². The molecule has 0 atom stereocenters. The topological polar surface area (TPSA) is 59.4 Å². The van der Waals surface area contributed by atoms with Gasteiger partial charge in [-0.2, -0.15) is 0 Å². The second kappa shape index (κ2) is 5.46. The quantitative estimate of drug-likeness (QED) is 0.860. The van der Waals surface area contributed by atoms with E-state index in [0.717, 1.165) is 0 Å². The summed E-state index contributed by atoms with van der Waals surface area (Å²) >= 11 is 1.38. The average molecular weight is 261 g/mol. The zero-order chi connectivity index (χ0) is 13.0. The maximum absolute atomic E-state index is 11.2. The predicted octanol–water partition coefficient (Wildman–Crippen LogP) is 2.78. The highest BCUT2D eigenvalue weighted by molar-refractivity contribution is 7.11. The minimum atomic E-state index is -0.970. The Bertz CT molecular complexity index is 576. The molecule has 0 spiro atoms. The molecular formula is C13H11NO3S. The molecule has 0 aliphatic carbocycles. The van der Waals surface area contributed by atoms with Gasteiger partial charge in [0.25, 0.3) is 0 Å². The van der Waals surface area contributed by atoms with Crippen molar-refractivity contribution in [2.45, 2.75) is 0 Å². The summed E-state index contributed by atoms with van der Waals surface area (Å²) < 4.78 is 5.00. The number of rotatable bonds is 4. The molecule has 2 rings (SSSR count). The van der Waals surface area contributed by atoms with E-state index in [1.165, 1.54) is 24.5 Å². The van der Waals surface area contributed by atoms with Gasteiger partial charge in [-0.05, 0) is 23.6 Å². The van der Waals surface area contributed by atoms with Crippen molar-refractivity contribution in [1.29, 1.82) is 0 Å². The van der Waals surface area contributed by atoms with Crippen molar-refractivity contribution in [3.8, 4) is 5.88 Å². The Balaban J connectivity index is 2.42. The van der Waals surface area contributed by atoms with Gasteiger partial charge in [-0.1, -0.05) is 12.1 Å². The number of thiophene rings is 1. The van der Waals surface area contributed by atoms with Gasteiger partial charge in [-0.15, -0.1) is 11.3 Å². The van der Waals surface area contributed by atoms with E-state index in [1.54, 1.807) is 24.3 Å². The maximum atomic E-state index is 11.2. The van der Waals surface area contributed by atoms with Crippen LogP contribution in [0.5, 0.6) is 5.88 Å². The van der Waals surface area contributed by atoms with E-state index >= 15 is 0 Å². The van der Waals surface area contributed by atoms with Crippen molar-refractivity contribution in [3.05, 3.63) is 46.3 Å². The Hall–Kier alpha value is -2.14. The van der Waals surface area contributed by atoms with Gasteiger partial charge in [0.2, 0.25) is 5.88 Å². The second-order valence-corrected chi connectivity index (χ2v) is 4.39. The highest BCUT2D eigenvalue weighted by atomic mass is 32.1. The van der Waals surface area contributed by atoms with E-state index in [9.17, 15) is 9.90 Å². The number of nitrogens with zero attached hydrogens (tertiary/aromatic N) is 1. The van der Waals surface area contributed by atoms with Gasteiger partial charge in [0.15, 0.2) is 0 Å². The lowest BCUT2D eigenvalue weighted by Gasteiger charge is -2.01. The van der Waals surface area contributed by atoms with Gasteiger partial charge in [0.1, 0.15) is 0 Å². The molecule has 0 saturated heterocycles.